The van der Waals surface area contributed by atoms with Gasteiger partial charge >= 0.3 is 0 Å². The molecule has 2 rings (SSSR count). The number of hydrogen-bond acceptors (Lipinski definition) is 2. The van der Waals surface area contributed by atoms with Gasteiger partial charge in [0.2, 0.25) is 0 Å². The molecule has 0 aromatic heterocycles. The largest absolute Gasteiger partial charge is 0.323 e. The molecule has 1 aliphatic carbocycles. The second-order valence-corrected chi connectivity index (χ2v) is 5.31. The van der Waals surface area contributed by atoms with Crippen LogP contribution >= 0.6 is 0 Å². The Labute approximate surface area is 87.8 Å². The average Bonchev–Trinajstić information content (AvgIpc) is 2.16. The predicted octanol–water partition coefficient (Wildman–Crippen LogP) is 2.13. The van der Waals surface area contributed by atoms with Gasteiger partial charge in [0.25, 0.3) is 0 Å². The van der Waals surface area contributed by atoms with Gasteiger partial charge in [0.15, 0.2) is 0 Å². The smallest absolute Gasteiger partial charge is 0.0412 e. The molecule has 1 aliphatic heterocycles. The van der Waals surface area contributed by atoms with Gasteiger partial charge in [-0.3, -0.25) is 4.90 Å². The quantitative estimate of drug-likeness (QED) is 0.749. The van der Waals surface area contributed by atoms with Gasteiger partial charge in [-0.25, -0.2) is 0 Å². The summed E-state index contributed by atoms with van der Waals surface area (Å²) in [6.07, 6.45) is 9.60. The monoisotopic (exact) mass is 196 g/mol. The van der Waals surface area contributed by atoms with Gasteiger partial charge in [0.1, 0.15) is 0 Å². The molecule has 0 bridgehead atoms. The number of rotatable bonds is 3. The first-order valence-corrected chi connectivity index (χ1v) is 6.26. The standard InChI is InChI=1S/C12H24N2/c1-2-8-12(13)9-14(10-12)11-6-4-3-5-7-11/h11H,2-10,13H2,1H3. The van der Waals surface area contributed by atoms with Crippen molar-refractivity contribution in [1.29, 1.82) is 0 Å². The van der Waals surface area contributed by atoms with Crippen LogP contribution in [0, 0.1) is 0 Å². The zero-order chi connectivity index (χ0) is 10.0. The Morgan fingerprint density at radius 1 is 1.21 bits per heavy atom. The summed E-state index contributed by atoms with van der Waals surface area (Å²) in [6.45, 7) is 4.55. The zero-order valence-electron chi connectivity index (χ0n) is 9.47. The maximum absolute atomic E-state index is 6.27. The summed E-state index contributed by atoms with van der Waals surface area (Å²) in [7, 11) is 0. The van der Waals surface area contributed by atoms with Crippen LogP contribution in [0.4, 0.5) is 0 Å². The number of hydrogen-bond donors (Lipinski definition) is 1. The molecular weight excluding hydrogens is 172 g/mol. The molecule has 1 saturated carbocycles. The molecule has 82 valence electrons. The summed E-state index contributed by atoms with van der Waals surface area (Å²) in [6, 6.07) is 0.872. The molecule has 0 amide bonds. The van der Waals surface area contributed by atoms with E-state index >= 15 is 0 Å². The molecule has 2 fully saturated rings. The summed E-state index contributed by atoms with van der Waals surface area (Å²) in [4.78, 5) is 2.62. The first-order valence-electron chi connectivity index (χ1n) is 6.26. The van der Waals surface area contributed by atoms with Crippen molar-refractivity contribution >= 4 is 0 Å². The Bertz CT molecular complexity index is 179. The molecule has 0 spiro atoms. The fourth-order valence-corrected chi connectivity index (χ4v) is 3.12. The Morgan fingerprint density at radius 3 is 2.43 bits per heavy atom. The Balaban J connectivity index is 1.75. The topological polar surface area (TPSA) is 29.3 Å². The summed E-state index contributed by atoms with van der Waals surface area (Å²) in [5, 5.41) is 0. The van der Waals surface area contributed by atoms with Gasteiger partial charge in [-0.15, -0.1) is 0 Å². The molecule has 14 heavy (non-hydrogen) atoms. The second-order valence-electron chi connectivity index (χ2n) is 5.31. The predicted molar refractivity (Wildman–Crippen MR) is 60.3 cm³/mol. The minimum Gasteiger partial charge on any atom is -0.323 e. The van der Waals surface area contributed by atoms with E-state index in [4.69, 9.17) is 5.73 Å². The maximum Gasteiger partial charge on any atom is 0.0412 e. The first-order chi connectivity index (χ1) is 6.73. The van der Waals surface area contributed by atoms with Crippen molar-refractivity contribution < 1.29 is 0 Å². The van der Waals surface area contributed by atoms with E-state index in [2.05, 4.69) is 11.8 Å². The van der Waals surface area contributed by atoms with Crippen LogP contribution in [0.2, 0.25) is 0 Å². The highest BCUT2D eigenvalue weighted by Gasteiger charge is 2.41. The summed E-state index contributed by atoms with van der Waals surface area (Å²) < 4.78 is 0. The van der Waals surface area contributed by atoms with Gasteiger partial charge < -0.3 is 5.73 Å². The molecular formula is C12H24N2. The second kappa shape index (κ2) is 4.19. The molecule has 0 unspecified atom stereocenters. The van der Waals surface area contributed by atoms with Crippen LogP contribution in [0.1, 0.15) is 51.9 Å². The van der Waals surface area contributed by atoms with Crippen LogP contribution in [0.3, 0.4) is 0 Å². The van der Waals surface area contributed by atoms with Crippen LogP contribution in [0.5, 0.6) is 0 Å². The van der Waals surface area contributed by atoms with Crippen molar-refractivity contribution in [2.24, 2.45) is 5.73 Å². The van der Waals surface area contributed by atoms with E-state index < -0.39 is 0 Å². The Morgan fingerprint density at radius 2 is 1.86 bits per heavy atom. The van der Waals surface area contributed by atoms with E-state index in [1.165, 1.54) is 44.9 Å². The molecule has 1 heterocycles. The molecule has 0 aromatic carbocycles. The highest BCUT2D eigenvalue weighted by atomic mass is 15.3. The van der Waals surface area contributed by atoms with E-state index in [1.807, 2.05) is 0 Å². The molecule has 0 atom stereocenters. The van der Waals surface area contributed by atoms with E-state index in [0.717, 1.165) is 19.1 Å². The maximum atomic E-state index is 6.27. The third kappa shape index (κ3) is 2.12. The van der Waals surface area contributed by atoms with Crippen LogP contribution in [-0.2, 0) is 0 Å². The van der Waals surface area contributed by atoms with Gasteiger partial charge in [0.05, 0.1) is 0 Å². The van der Waals surface area contributed by atoms with E-state index in [0.29, 0.717) is 0 Å². The van der Waals surface area contributed by atoms with Crippen LogP contribution in [0.25, 0.3) is 0 Å². The lowest BCUT2D eigenvalue weighted by molar-refractivity contribution is 0.00989. The number of nitrogens with two attached hydrogens (primary N) is 1. The van der Waals surface area contributed by atoms with Gasteiger partial charge in [-0.2, -0.15) is 0 Å². The van der Waals surface area contributed by atoms with E-state index in [1.54, 1.807) is 0 Å². The lowest BCUT2D eigenvalue weighted by atomic mass is 9.82. The molecule has 2 nitrogen and oxygen atoms in total. The van der Waals surface area contributed by atoms with Crippen molar-refractivity contribution in [2.45, 2.75) is 63.5 Å². The zero-order valence-corrected chi connectivity index (χ0v) is 9.47. The lowest BCUT2D eigenvalue weighted by Gasteiger charge is -2.52. The van der Waals surface area contributed by atoms with Crippen molar-refractivity contribution in [1.82, 2.24) is 4.90 Å². The molecule has 2 heteroatoms. The molecule has 0 aromatic rings. The van der Waals surface area contributed by atoms with Gasteiger partial charge in [-0.1, -0.05) is 32.6 Å². The van der Waals surface area contributed by atoms with Crippen molar-refractivity contribution in [3.05, 3.63) is 0 Å². The fraction of sp³-hybridized carbons (Fsp3) is 1.00. The van der Waals surface area contributed by atoms with Crippen molar-refractivity contribution in [2.75, 3.05) is 13.1 Å². The van der Waals surface area contributed by atoms with Crippen LogP contribution < -0.4 is 5.73 Å². The van der Waals surface area contributed by atoms with Crippen LogP contribution in [-0.4, -0.2) is 29.6 Å². The van der Waals surface area contributed by atoms with Crippen molar-refractivity contribution in [3.63, 3.8) is 0 Å². The van der Waals surface area contributed by atoms with Gasteiger partial charge in [-0.05, 0) is 19.3 Å². The van der Waals surface area contributed by atoms with Gasteiger partial charge in [0, 0.05) is 24.7 Å². The molecule has 1 saturated heterocycles. The van der Waals surface area contributed by atoms with Crippen molar-refractivity contribution in [3.8, 4) is 0 Å². The lowest BCUT2D eigenvalue weighted by Crippen LogP contribution is -2.69. The minimum absolute atomic E-state index is 0.173. The fourth-order valence-electron chi connectivity index (χ4n) is 3.12. The van der Waals surface area contributed by atoms with Crippen LogP contribution in [0.15, 0.2) is 0 Å². The highest BCUT2D eigenvalue weighted by Crippen LogP contribution is 2.31. The third-order valence-corrected chi connectivity index (χ3v) is 3.87. The minimum atomic E-state index is 0.173. The highest BCUT2D eigenvalue weighted by molar-refractivity contribution is 5.01. The molecule has 0 radical (unpaired) electrons. The first kappa shape index (κ1) is 10.4. The molecule has 2 N–H and O–H groups in total. The average molecular weight is 196 g/mol. The normalized spacial score (nSPS) is 28.7. The van der Waals surface area contributed by atoms with E-state index in [9.17, 15) is 0 Å². The Kier molecular flexibility index (Phi) is 3.13. The summed E-state index contributed by atoms with van der Waals surface area (Å²) in [5.74, 6) is 0. The summed E-state index contributed by atoms with van der Waals surface area (Å²) in [5.41, 5.74) is 6.44. The third-order valence-electron chi connectivity index (χ3n) is 3.87. The SMILES string of the molecule is CCCC1(N)CN(C2CCCCC2)C1. The number of likely N-dealkylation sites (tertiary alicyclic amines) is 1. The molecule has 2 aliphatic rings. The summed E-state index contributed by atoms with van der Waals surface area (Å²) >= 11 is 0. The van der Waals surface area contributed by atoms with E-state index in [-0.39, 0.29) is 5.54 Å². The Hall–Kier alpha value is -0.0800. The number of nitrogens with zero attached hydrogens (tertiary/aromatic N) is 1.